The van der Waals surface area contributed by atoms with Gasteiger partial charge in [-0.05, 0) is 25.7 Å². The van der Waals surface area contributed by atoms with Gasteiger partial charge in [-0.15, -0.1) is 0 Å². The van der Waals surface area contributed by atoms with Gasteiger partial charge in [0.1, 0.15) is 0 Å². The summed E-state index contributed by atoms with van der Waals surface area (Å²) in [5, 5.41) is 37.7. The van der Waals surface area contributed by atoms with Gasteiger partial charge in [0.15, 0.2) is 5.60 Å². The fraction of sp³-hybridized carbons (Fsp3) is 0.875. The highest BCUT2D eigenvalue weighted by Crippen LogP contribution is 2.52. The zero-order valence-electron chi connectivity index (χ0n) is 13.4. The lowest BCUT2D eigenvalue weighted by Gasteiger charge is -2.47. The molecule has 0 aromatic heterocycles. The molecule has 7 heteroatoms. The number of ether oxygens (including phenoxy) is 1. The van der Waals surface area contributed by atoms with Gasteiger partial charge in [0.05, 0.1) is 24.8 Å². The molecule has 2 N–H and O–H groups in total. The maximum atomic E-state index is 13.4. The highest BCUT2D eigenvalue weighted by Gasteiger charge is 2.71. The van der Waals surface area contributed by atoms with Gasteiger partial charge in [0.25, 0.3) is 0 Å². The summed E-state index contributed by atoms with van der Waals surface area (Å²) < 4.78 is 6.57. The van der Waals surface area contributed by atoms with Crippen LogP contribution in [0.1, 0.15) is 44.9 Å². The van der Waals surface area contributed by atoms with E-state index < -0.39 is 11.3 Å². The number of morpholine rings is 1. The van der Waals surface area contributed by atoms with Gasteiger partial charge < -0.3 is 20.3 Å². The summed E-state index contributed by atoms with van der Waals surface area (Å²) in [6.45, 7) is 2.67. The van der Waals surface area contributed by atoms with Crippen LogP contribution in [0.2, 0.25) is 0 Å². The number of hydroxylamine groups is 1. The van der Waals surface area contributed by atoms with Gasteiger partial charge in [-0.3, -0.25) is 0 Å². The van der Waals surface area contributed by atoms with Gasteiger partial charge in [-0.2, -0.15) is 4.74 Å². The fourth-order valence-electron chi connectivity index (χ4n) is 5.37. The van der Waals surface area contributed by atoms with Crippen LogP contribution in [-0.4, -0.2) is 68.9 Å². The topological polar surface area (TPSA) is 91.4 Å². The van der Waals surface area contributed by atoms with Gasteiger partial charge in [0, 0.05) is 25.9 Å². The van der Waals surface area contributed by atoms with Gasteiger partial charge in [-0.25, -0.2) is 4.90 Å². The Kier molecular flexibility index (Phi) is 3.62. The summed E-state index contributed by atoms with van der Waals surface area (Å²) in [4.78, 5) is 2.21. The Balaban J connectivity index is 1.85. The molecular weight excluding hydrogens is 298 g/mol. The van der Waals surface area contributed by atoms with E-state index in [0.717, 1.165) is 36.8 Å². The zero-order valence-corrected chi connectivity index (χ0v) is 13.4. The minimum atomic E-state index is -1.37. The molecule has 0 unspecified atom stereocenters. The predicted octanol–water partition coefficient (Wildman–Crippen LogP) is 0.915. The van der Waals surface area contributed by atoms with Crippen molar-refractivity contribution in [2.24, 2.45) is 11.1 Å². The lowest BCUT2D eigenvalue weighted by Crippen LogP contribution is -2.65. The van der Waals surface area contributed by atoms with Crippen molar-refractivity contribution in [2.45, 2.75) is 56.2 Å². The maximum Gasteiger partial charge on any atom is 0.235 e. The second kappa shape index (κ2) is 5.43. The summed E-state index contributed by atoms with van der Waals surface area (Å²) in [7, 11) is 0. The van der Waals surface area contributed by atoms with Crippen molar-refractivity contribution in [1.82, 2.24) is 4.90 Å². The second-order valence-corrected chi connectivity index (χ2v) is 7.18. The van der Waals surface area contributed by atoms with E-state index in [2.05, 4.69) is 10.1 Å². The molecule has 2 aliphatic carbocycles. The summed E-state index contributed by atoms with van der Waals surface area (Å²) in [6, 6.07) is 0. The van der Waals surface area contributed by atoms with Gasteiger partial charge in [0.2, 0.25) is 11.4 Å². The van der Waals surface area contributed by atoms with Gasteiger partial charge >= 0.3 is 0 Å². The van der Waals surface area contributed by atoms with Crippen molar-refractivity contribution >= 4 is 11.4 Å². The third kappa shape index (κ3) is 1.87. The van der Waals surface area contributed by atoms with Crippen molar-refractivity contribution in [3.63, 3.8) is 0 Å². The number of fused-ring (bicyclic) bond motifs is 3. The van der Waals surface area contributed by atoms with Crippen LogP contribution in [0.25, 0.3) is 0 Å². The first kappa shape index (κ1) is 15.4. The van der Waals surface area contributed by atoms with E-state index in [0.29, 0.717) is 50.6 Å². The van der Waals surface area contributed by atoms with E-state index in [9.17, 15) is 15.5 Å². The molecule has 4 aliphatic rings. The van der Waals surface area contributed by atoms with Gasteiger partial charge in [-0.1, -0.05) is 11.6 Å². The molecule has 0 bridgehead atoms. The third-order valence-electron chi connectivity index (χ3n) is 6.33. The lowest BCUT2D eigenvalue weighted by molar-refractivity contribution is -0.591. The molecule has 1 saturated heterocycles. The standard InChI is InChI=1S/C16H25N3O4/c20-16-12-4-1-2-7-15(12,18-8-10-23-11-9-18)19(22)14(16)6-3-5-13(16)17-21/h12,20-21H,1-11H2/b17-13+/t12-,15-,16+/m1/s1. The van der Waals surface area contributed by atoms with Crippen molar-refractivity contribution in [3.05, 3.63) is 5.21 Å². The smallest absolute Gasteiger partial charge is 0.235 e. The zero-order chi connectivity index (χ0) is 16.1. The molecule has 0 aromatic rings. The van der Waals surface area contributed by atoms with Crippen LogP contribution in [0.4, 0.5) is 0 Å². The van der Waals surface area contributed by atoms with Crippen LogP contribution in [0.5, 0.6) is 0 Å². The number of hydrogen-bond acceptors (Lipinski definition) is 6. The summed E-state index contributed by atoms with van der Waals surface area (Å²) in [5.41, 5.74) is -1.18. The number of oxime groups is 1. The molecule has 2 heterocycles. The van der Waals surface area contributed by atoms with E-state index in [1.54, 1.807) is 0 Å². The second-order valence-electron chi connectivity index (χ2n) is 7.18. The molecule has 0 radical (unpaired) electrons. The monoisotopic (exact) mass is 323 g/mol. The maximum absolute atomic E-state index is 13.4. The number of nitrogens with zero attached hydrogens (tertiary/aromatic N) is 3. The van der Waals surface area contributed by atoms with Crippen LogP contribution in [0.15, 0.2) is 5.16 Å². The molecular formula is C16H25N3O4. The Hall–Kier alpha value is -1.18. The van der Waals surface area contributed by atoms with Crippen molar-refractivity contribution in [3.8, 4) is 0 Å². The molecule has 3 atom stereocenters. The molecule has 128 valence electrons. The Morgan fingerprint density at radius 1 is 1.22 bits per heavy atom. The third-order valence-corrected chi connectivity index (χ3v) is 6.33. The van der Waals surface area contributed by atoms with E-state index in [-0.39, 0.29) is 5.92 Å². The molecule has 3 fully saturated rings. The van der Waals surface area contributed by atoms with E-state index >= 15 is 0 Å². The molecule has 2 aliphatic heterocycles. The van der Waals surface area contributed by atoms with Crippen molar-refractivity contribution in [1.29, 1.82) is 0 Å². The van der Waals surface area contributed by atoms with Crippen LogP contribution in [0, 0.1) is 11.1 Å². The van der Waals surface area contributed by atoms with Crippen LogP contribution in [-0.2, 0) is 4.74 Å². The molecule has 23 heavy (non-hydrogen) atoms. The van der Waals surface area contributed by atoms with E-state index in [1.807, 2.05) is 0 Å². The molecule has 0 aromatic carbocycles. The Morgan fingerprint density at radius 3 is 2.74 bits per heavy atom. The molecule has 4 rings (SSSR count). The normalized spacial score (nSPS) is 43.5. The molecule has 2 saturated carbocycles. The minimum absolute atomic E-state index is 0.222. The quantitative estimate of drug-likeness (QED) is 0.324. The summed E-state index contributed by atoms with van der Waals surface area (Å²) in [5.74, 6) is -0.222. The predicted molar refractivity (Wildman–Crippen MR) is 83.7 cm³/mol. The first-order valence-corrected chi connectivity index (χ1v) is 8.76. The van der Waals surface area contributed by atoms with E-state index in [4.69, 9.17) is 4.74 Å². The highest BCUT2D eigenvalue weighted by atomic mass is 16.5. The van der Waals surface area contributed by atoms with Crippen LogP contribution >= 0.6 is 0 Å². The Morgan fingerprint density at radius 2 is 2.00 bits per heavy atom. The average molecular weight is 323 g/mol. The largest absolute Gasteiger partial charge is 0.622 e. The van der Waals surface area contributed by atoms with Crippen molar-refractivity contribution < 1.29 is 19.8 Å². The van der Waals surface area contributed by atoms with E-state index in [1.165, 1.54) is 0 Å². The molecule has 0 amide bonds. The number of aliphatic hydroxyl groups is 1. The summed E-state index contributed by atoms with van der Waals surface area (Å²) in [6.07, 6.45) is 5.42. The van der Waals surface area contributed by atoms with Crippen molar-refractivity contribution in [2.75, 3.05) is 26.3 Å². The minimum Gasteiger partial charge on any atom is -0.622 e. The molecule has 0 spiro atoms. The first-order valence-electron chi connectivity index (χ1n) is 8.76. The lowest BCUT2D eigenvalue weighted by atomic mass is 9.65. The highest BCUT2D eigenvalue weighted by molar-refractivity contribution is 6.15. The number of rotatable bonds is 1. The fourth-order valence-corrected chi connectivity index (χ4v) is 5.37. The summed E-state index contributed by atoms with van der Waals surface area (Å²) >= 11 is 0. The average Bonchev–Trinajstić information content (AvgIpc) is 2.82. The Labute approximate surface area is 135 Å². The SMILES string of the molecule is [O-][N+]1=C2CCC/C(=N\O)[C@@]2(O)[C@@H]2CCCC[C@]21N1CCOCC1. The number of hydrogen-bond donors (Lipinski definition) is 2. The van der Waals surface area contributed by atoms with Crippen LogP contribution in [0.3, 0.4) is 0 Å². The van der Waals surface area contributed by atoms with Crippen LogP contribution < -0.4 is 0 Å². The Bertz CT molecular complexity index is 558. The molecule has 7 nitrogen and oxygen atoms in total. The first-order chi connectivity index (χ1) is 11.2.